The molecule has 11 aromatic rings. The summed E-state index contributed by atoms with van der Waals surface area (Å²) in [7, 11) is 6.13. The van der Waals surface area contributed by atoms with Gasteiger partial charge in [0, 0.05) is 126 Å². The number of carbonyl (C=O) groups is 12. The van der Waals surface area contributed by atoms with Gasteiger partial charge in [-0.2, -0.15) is 15.3 Å². The van der Waals surface area contributed by atoms with Gasteiger partial charge >= 0.3 is 18.1 Å². The van der Waals surface area contributed by atoms with E-state index < -0.39 is 69.7 Å². The first-order chi connectivity index (χ1) is 65.6. The summed E-state index contributed by atoms with van der Waals surface area (Å²) < 4.78 is 20.9. The number of nitrogens with zero attached hydrogens (tertiary/aromatic N) is 11. The molecule has 15 amide bonds. The highest BCUT2D eigenvalue weighted by Crippen LogP contribution is 2.38. The number of nitrogens with two attached hydrogens (primary N) is 2. The number of imide groups is 4. The van der Waals surface area contributed by atoms with E-state index >= 15 is 0 Å². The molecule has 5 fully saturated rings. The van der Waals surface area contributed by atoms with E-state index in [-0.39, 0.29) is 56.2 Å². The number of piperazine rings is 1. The molecule has 136 heavy (non-hydrogen) atoms. The number of aliphatic imine (C=N–C) groups is 1. The van der Waals surface area contributed by atoms with Crippen LogP contribution in [0.4, 0.5) is 31.8 Å². The Kier molecular flexibility index (Phi) is 23.6. The normalized spacial score (nSPS) is 20.2. The van der Waals surface area contributed by atoms with Crippen LogP contribution in [0, 0.1) is 52.8 Å². The Morgan fingerprint density at radius 3 is 1.24 bits per heavy atom. The Labute approximate surface area is 774 Å². The van der Waals surface area contributed by atoms with Crippen molar-refractivity contribution >= 4 is 127 Å². The van der Waals surface area contributed by atoms with Crippen LogP contribution in [0.2, 0.25) is 0 Å². The van der Waals surface area contributed by atoms with Crippen LogP contribution in [0.15, 0.2) is 163 Å². The van der Waals surface area contributed by atoms with Gasteiger partial charge in [-0.3, -0.25) is 89.7 Å². The van der Waals surface area contributed by atoms with E-state index in [4.69, 9.17) is 30.4 Å². The third-order valence-electron chi connectivity index (χ3n) is 24.7. The van der Waals surface area contributed by atoms with Crippen LogP contribution in [-0.4, -0.2) is 248 Å². The van der Waals surface area contributed by atoms with Gasteiger partial charge in [-0.05, 0) is 150 Å². The van der Waals surface area contributed by atoms with Crippen LogP contribution in [0.3, 0.4) is 0 Å². The van der Waals surface area contributed by atoms with Gasteiger partial charge in [0.1, 0.15) is 28.4 Å². The van der Waals surface area contributed by atoms with Crippen molar-refractivity contribution in [3.63, 3.8) is 0 Å². The quantitative estimate of drug-likeness (QED) is 0.0387. The topological polar surface area (TPSA) is 509 Å². The number of fused-ring (bicyclic) bond motifs is 7. The Bertz CT molecular complexity index is 7290. The fourth-order valence-corrected chi connectivity index (χ4v) is 17.4. The first-order valence-corrected chi connectivity index (χ1v) is 43.0. The fourth-order valence-electron chi connectivity index (χ4n) is 17.4. The number of hydrogen-bond acceptors (Lipinski definition) is 25. The number of pyridine rings is 1. The van der Waals surface area contributed by atoms with Crippen molar-refractivity contribution in [3.05, 3.63) is 230 Å². The van der Waals surface area contributed by atoms with E-state index in [1.807, 2.05) is 60.7 Å². The first kappa shape index (κ1) is 88.8. The maximum Gasteiger partial charge on any atom is 0.323 e. The highest BCUT2D eigenvalue weighted by Gasteiger charge is 2.53. The fraction of sp³-hybridized carbons (Fsp3) is 0.247. The second kappa shape index (κ2) is 36.1. The van der Waals surface area contributed by atoms with Crippen LogP contribution in [0.5, 0.6) is 23.0 Å². The number of H-pyrrole nitrogens is 3. The molecule has 0 spiro atoms. The maximum atomic E-state index is 13.2. The zero-order valence-electron chi connectivity index (χ0n) is 73.7. The standard InChI is InChI=1S/C28H29N7O4.C25H20N4O4.2C22H18N6O4/c1-3-33-10-12-34(13-11-33)24-22-14-18(4-7-23(22)31-32-24)8-9-28(26(37)29-27(38)30-28)17-35-16-19-5-6-20(39-2)15-21(19)25(35)36;1-33-18-6-5-17-14-29(23(31)19(17)11-18)15-25(12-22(30)28-24(25)32)9-8-16-4-7-21(27-13-16)20-3-2-10-26-20;1-32-14-4-3-13-10-28(19(29)15(13)9-14)11-22(20(30)24-21(31)25-22)7-6-12-2-5-17-16(8-12)18(23)27-26-17;1-32-14-4-3-13-10-28(19(29)16(13)9-14)11-22(20(30)24-21(31)25-22)7-6-12-2-5-15-17(8-12)26-27-18(15)23/h4-7,14-15H,3,10-13,16-17H2,1-2H3,(H,31,32)(H2,29,30,37,38);2-7,11,13H,10,12,14-15H2,1H3,(H,28,30,32);2*2-5,8-9H,10-11H2,1H3,(H3,23,26,27)(H2,24,25,30,31)/t28-;25-;2*22-/m1111/s1. The number of aromatic nitrogens is 7. The summed E-state index contributed by atoms with van der Waals surface area (Å²) in [6, 6.07) is 39.0. The molecule has 0 bridgehead atoms. The smallest absolute Gasteiger partial charge is 0.323 e. The van der Waals surface area contributed by atoms with E-state index in [1.54, 1.807) is 102 Å². The van der Waals surface area contributed by atoms with E-state index in [1.165, 1.54) is 43.1 Å². The summed E-state index contributed by atoms with van der Waals surface area (Å²) in [4.78, 5) is 171. The number of hydrogen-bond donors (Lipinski definition) is 12. The first-order valence-electron chi connectivity index (χ1n) is 43.0. The predicted molar refractivity (Wildman–Crippen MR) is 493 cm³/mol. The molecule has 39 heteroatoms. The molecule has 4 aromatic heterocycles. The minimum atomic E-state index is -1.59. The lowest BCUT2D eigenvalue weighted by molar-refractivity contribution is -0.127. The number of aromatic amines is 3. The molecular formula is C97H85N23O16. The number of amides is 15. The number of urea groups is 3. The van der Waals surface area contributed by atoms with Crippen molar-refractivity contribution < 1.29 is 76.5 Å². The third-order valence-corrected chi connectivity index (χ3v) is 24.7. The summed E-state index contributed by atoms with van der Waals surface area (Å²) >= 11 is 0. The molecule has 0 aliphatic carbocycles. The van der Waals surface area contributed by atoms with Gasteiger partial charge in [0.2, 0.25) is 28.4 Å². The van der Waals surface area contributed by atoms with Crippen molar-refractivity contribution in [1.82, 2.24) is 97.3 Å². The van der Waals surface area contributed by atoms with Gasteiger partial charge in [0.05, 0.1) is 89.0 Å². The molecular weight excluding hydrogens is 1740 g/mol. The Balaban J connectivity index is 0.000000121. The number of benzene rings is 7. The number of anilines is 3. The van der Waals surface area contributed by atoms with Crippen LogP contribution in [-0.2, 0) is 50.2 Å². The van der Waals surface area contributed by atoms with E-state index in [0.717, 1.165) is 94.0 Å². The lowest BCUT2D eigenvalue weighted by Gasteiger charge is -2.34. The molecule has 10 aliphatic rings. The molecule has 39 nitrogen and oxygen atoms in total. The largest absolute Gasteiger partial charge is 0.497 e. The number of nitrogens with one attached hydrogen (secondary N) is 10. The molecule has 0 saturated carbocycles. The zero-order chi connectivity index (χ0) is 95.1. The summed E-state index contributed by atoms with van der Waals surface area (Å²) in [5.74, 6) is 23.9. The molecule has 4 atom stereocenters. The van der Waals surface area contributed by atoms with Gasteiger partial charge in [-0.15, -0.1) is 0 Å². The van der Waals surface area contributed by atoms with Gasteiger partial charge in [0.25, 0.3) is 41.4 Å². The maximum absolute atomic E-state index is 13.2. The Morgan fingerprint density at radius 1 is 0.412 bits per heavy atom. The number of ether oxygens (including phenoxy) is 4. The second-order valence-electron chi connectivity index (χ2n) is 33.3. The van der Waals surface area contributed by atoms with Crippen LogP contribution < -0.4 is 72.5 Å². The monoisotopic (exact) mass is 1830 g/mol. The van der Waals surface area contributed by atoms with Gasteiger partial charge < -0.3 is 75.8 Å². The predicted octanol–water partition coefficient (Wildman–Crippen LogP) is 4.27. The minimum Gasteiger partial charge on any atom is -0.497 e. The van der Waals surface area contributed by atoms with Crippen molar-refractivity contribution in [2.24, 2.45) is 10.4 Å². The lowest BCUT2D eigenvalue weighted by atomic mass is 9.85. The van der Waals surface area contributed by atoms with Crippen molar-refractivity contribution in [1.29, 1.82) is 0 Å². The highest BCUT2D eigenvalue weighted by atomic mass is 16.5. The number of rotatable bonds is 15. The number of allylic oxidation sites excluding steroid dienone is 1. The molecule has 21 rings (SSSR count). The van der Waals surface area contributed by atoms with Gasteiger partial charge in [-0.1, -0.05) is 84.6 Å². The summed E-state index contributed by atoms with van der Waals surface area (Å²) in [5.41, 5.74) is 17.3. The molecule has 5 saturated heterocycles. The van der Waals surface area contributed by atoms with Crippen LogP contribution >= 0.6 is 0 Å². The number of carbonyl (C=O) groups excluding carboxylic acids is 12. The molecule has 14 heterocycles. The van der Waals surface area contributed by atoms with Crippen molar-refractivity contribution in [2.75, 3.05) is 110 Å². The number of likely N-dealkylation sites (N-methyl/N-ethyl adjacent to an activating group) is 1. The van der Waals surface area contributed by atoms with Gasteiger partial charge in [-0.25, -0.2) is 14.4 Å². The van der Waals surface area contributed by atoms with Crippen LogP contribution in [0.25, 0.3) is 32.7 Å². The van der Waals surface area contributed by atoms with E-state index in [0.29, 0.717) is 123 Å². The second-order valence-corrected chi connectivity index (χ2v) is 33.3. The zero-order valence-corrected chi connectivity index (χ0v) is 73.7. The van der Waals surface area contributed by atoms with Crippen LogP contribution in [0.1, 0.15) is 105 Å². The van der Waals surface area contributed by atoms with E-state index in [2.05, 4.69) is 142 Å². The van der Waals surface area contributed by atoms with E-state index in [9.17, 15) is 57.5 Å². The Hall–Kier alpha value is -17.9. The summed E-state index contributed by atoms with van der Waals surface area (Å²) in [5, 5.41) is 40.5. The highest BCUT2D eigenvalue weighted by molar-refractivity contribution is 6.14. The third kappa shape index (κ3) is 17.4. The summed E-state index contributed by atoms with van der Waals surface area (Å²) in [6.07, 6.45) is 5.38. The molecule has 7 aromatic carbocycles. The van der Waals surface area contributed by atoms with Gasteiger partial charge in [0.15, 0.2) is 17.5 Å². The molecule has 0 radical (unpaired) electrons. The average Bonchev–Trinajstić information content (AvgIpc) is 1.63. The SMILES string of the molecule is CCN1CCN(c2n[nH]c3ccc(C#C[C@]4(CN5Cc6ccc(OC)cc6C5=O)NC(=O)NC4=O)cc23)CC1.COc1ccc2c(c1)C(=O)N(C[C@@]1(C#Cc3ccc(C4=NCC=C4)nc3)CC(=O)NC1=O)C2.COc1ccc2c(c1)C(=O)N(C[C@@]1(C#Cc3ccc4[nH]nc(N)c4c3)NC(=O)NC1=O)C2.COc1ccc2c(c1)C(=O)N(C[C@@]1(C#Cc3ccc4c(N)n[nH]c4c3)NC(=O)NC1=O)C2. The lowest BCUT2D eigenvalue weighted by Crippen LogP contribution is -2.54. The number of nitrogen functional groups attached to an aromatic ring is 2. The molecule has 14 N–H and O–H groups in total. The Morgan fingerprint density at radius 2 is 0.824 bits per heavy atom. The molecule has 10 aliphatic heterocycles. The number of methoxy groups -OCH3 is 4. The molecule has 684 valence electrons. The minimum absolute atomic E-state index is 0.0144. The van der Waals surface area contributed by atoms with Crippen molar-refractivity contribution in [2.45, 2.75) is 56.1 Å². The van der Waals surface area contributed by atoms with Crippen molar-refractivity contribution in [3.8, 4) is 70.4 Å². The molecule has 0 unspecified atom stereocenters. The summed E-state index contributed by atoms with van der Waals surface area (Å²) in [6.45, 7) is 8.53. The average molecular weight is 1830 g/mol.